The number of methoxy groups -OCH3 is 1. The van der Waals surface area contributed by atoms with Crippen LogP contribution in [0.2, 0.25) is 0 Å². The highest BCUT2D eigenvalue weighted by Crippen LogP contribution is 2.37. The molecule has 96 valence electrons. The number of phenolic OH excluding ortho intramolecular Hbond substituents is 1. The van der Waals surface area contributed by atoms with Gasteiger partial charge in [0.1, 0.15) is 0 Å². The van der Waals surface area contributed by atoms with E-state index in [2.05, 4.69) is 22.7 Å². The summed E-state index contributed by atoms with van der Waals surface area (Å²) < 4.78 is 4.78. The van der Waals surface area contributed by atoms with Crippen LogP contribution in [0.5, 0.6) is 11.5 Å². The molecule has 1 rings (SSSR count). The smallest absolute Gasteiger partial charge is 0.323 e. The molecule has 0 heterocycles. The number of thiocarbonyl (C=S) groups is 1. The van der Waals surface area contributed by atoms with Gasteiger partial charge in [-0.25, -0.2) is 0 Å². The fraction of sp³-hybridized carbons (Fsp3) is 0.111. The predicted molar refractivity (Wildman–Crippen MR) is 68.8 cm³/mol. The Morgan fingerprint density at radius 2 is 2.39 bits per heavy atom. The Labute approximate surface area is 107 Å². The molecule has 0 saturated carbocycles. The highest BCUT2D eigenvalue weighted by Gasteiger charge is 2.23. The molecule has 0 fully saturated rings. The van der Waals surface area contributed by atoms with Gasteiger partial charge in [-0.2, -0.15) is 5.10 Å². The number of phenols is 1. The van der Waals surface area contributed by atoms with Crippen molar-refractivity contribution < 1.29 is 14.8 Å². The minimum atomic E-state index is -0.680. The molecule has 1 aromatic carbocycles. The molecule has 0 unspecified atom stereocenters. The summed E-state index contributed by atoms with van der Waals surface area (Å²) in [5.74, 6) is -0.567. The molecular formula is C9H10N4O4S. The predicted octanol–water partition coefficient (Wildman–Crippen LogP) is 0.476. The lowest BCUT2D eigenvalue weighted by atomic mass is 10.1. The van der Waals surface area contributed by atoms with Crippen molar-refractivity contribution in [2.45, 2.75) is 0 Å². The molecule has 0 radical (unpaired) electrons. The van der Waals surface area contributed by atoms with Crippen molar-refractivity contribution >= 4 is 29.2 Å². The minimum Gasteiger partial charge on any atom is -0.504 e. The van der Waals surface area contributed by atoms with E-state index in [1.165, 1.54) is 19.2 Å². The van der Waals surface area contributed by atoms with E-state index in [1.807, 2.05) is 0 Å². The second-order valence-corrected chi connectivity index (χ2v) is 3.49. The second-order valence-electron chi connectivity index (χ2n) is 3.05. The number of nitrogens with zero attached hydrogens (tertiary/aromatic N) is 2. The quantitative estimate of drug-likeness (QED) is 0.314. The molecule has 0 atom stereocenters. The maximum absolute atomic E-state index is 10.9. The summed E-state index contributed by atoms with van der Waals surface area (Å²) >= 11 is 4.52. The van der Waals surface area contributed by atoms with E-state index >= 15 is 0 Å². The standard InChI is InChI=1S/C9H10N4O4S/c1-17-8-6(14)3-2-5(7(8)13(15)16)4-11-12-9(10)18/h2-4,14H,1H3,(H3,10,12,18)/b11-4-. The van der Waals surface area contributed by atoms with Crippen LogP contribution in [0.25, 0.3) is 0 Å². The Hall–Kier alpha value is -2.42. The van der Waals surface area contributed by atoms with Crippen LogP contribution in [0.4, 0.5) is 5.69 Å². The summed E-state index contributed by atoms with van der Waals surface area (Å²) in [6.45, 7) is 0. The van der Waals surface area contributed by atoms with Crippen LogP contribution < -0.4 is 15.9 Å². The van der Waals surface area contributed by atoms with Crippen molar-refractivity contribution in [2.24, 2.45) is 10.8 Å². The van der Waals surface area contributed by atoms with Crippen LogP contribution >= 0.6 is 12.2 Å². The lowest BCUT2D eigenvalue weighted by molar-refractivity contribution is -0.385. The average Bonchev–Trinajstić information content (AvgIpc) is 2.29. The maximum atomic E-state index is 10.9. The van der Waals surface area contributed by atoms with E-state index in [4.69, 9.17) is 10.5 Å². The number of hydrogen-bond donors (Lipinski definition) is 3. The first-order valence-corrected chi connectivity index (χ1v) is 5.01. The first kappa shape index (κ1) is 13.6. The number of benzene rings is 1. The highest BCUT2D eigenvalue weighted by atomic mass is 32.1. The molecular weight excluding hydrogens is 260 g/mol. The van der Waals surface area contributed by atoms with Gasteiger partial charge in [-0.05, 0) is 24.4 Å². The lowest BCUT2D eigenvalue weighted by Gasteiger charge is -2.05. The van der Waals surface area contributed by atoms with Gasteiger partial charge in [0.2, 0.25) is 5.75 Å². The molecule has 0 aliphatic heterocycles. The van der Waals surface area contributed by atoms with Crippen molar-refractivity contribution in [3.8, 4) is 11.5 Å². The molecule has 1 aromatic rings. The van der Waals surface area contributed by atoms with Crippen LogP contribution in [0.3, 0.4) is 0 Å². The van der Waals surface area contributed by atoms with Crippen molar-refractivity contribution in [2.75, 3.05) is 7.11 Å². The van der Waals surface area contributed by atoms with E-state index in [0.29, 0.717) is 0 Å². The van der Waals surface area contributed by atoms with Gasteiger partial charge in [-0.3, -0.25) is 15.5 Å². The van der Waals surface area contributed by atoms with Crippen molar-refractivity contribution in [3.63, 3.8) is 0 Å². The number of nitrogens with two attached hydrogens (primary N) is 1. The molecule has 0 spiro atoms. The van der Waals surface area contributed by atoms with Gasteiger partial charge in [0, 0.05) is 0 Å². The second kappa shape index (κ2) is 5.77. The molecule has 0 bridgehead atoms. The van der Waals surface area contributed by atoms with Crippen LogP contribution in [-0.4, -0.2) is 28.5 Å². The van der Waals surface area contributed by atoms with Gasteiger partial charge in [-0.1, -0.05) is 0 Å². The number of aromatic hydroxyl groups is 1. The van der Waals surface area contributed by atoms with Gasteiger partial charge in [0.25, 0.3) is 0 Å². The molecule has 0 saturated heterocycles. The van der Waals surface area contributed by atoms with Crippen molar-refractivity contribution in [1.29, 1.82) is 0 Å². The number of nitrogens with one attached hydrogen (secondary N) is 1. The molecule has 4 N–H and O–H groups in total. The fourth-order valence-electron chi connectivity index (χ4n) is 1.23. The van der Waals surface area contributed by atoms with Crippen LogP contribution in [0, 0.1) is 10.1 Å². The van der Waals surface area contributed by atoms with E-state index in [9.17, 15) is 15.2 Å². The zero-order valence-corrected chi connectivity index (χ0v) is 10.1. The SMILES string of the molecule is COc1c(O)ccc(/C=N\NC(N)=S)c1[N+](=O)[O-]. The van der Waals surface area contributed by atoms with Gasteiger partial charge < -0.3 is 15.6 Å². The average molecular weight is 270 g/mol. The number of nitro benzene ring substituents is 1. The third kappa shape index (κ3) is 3.04. The summed E-state index contributed by atoms with van der Waals surface area (Å²) in [5, 5.41) is 23.9. The Morgan fingerprint density at radius 1 is 1.72 bits per heavy atom. The molecule has 0 aromatic heterocycles. The Bertz CT molecular complexity index is 518. The van der Waals surface area contributed by atoms with Gasteiger partial charge in [0.15, 0.2) is 10.9 Å². The monoisotopic (exact) mass is 270 g/mol. The van der Waals surface area contributed by atoms with Crippen molar-refractivity contribution in [3.05, 3.63) is 27.8 Å². The Balaban J connectivity index is 3.23. The fourth-order valence-corrected chi connectivity index (χ4v) is 1.29. The summed E-state index contributed by atoms with van der Waals surface area (Å²) in [6, 6.07) is 2.58. The normalized spacial score (nSPS) is 10.3. The molecule has 0 aliphatic carbocycles. The topological polar surface area (TPSA) is 123 Å². The largest absolute Gasteiger partial charge is 0.504 e. The van der Waals surface area contributed by atoms with Crippen LogP contribution in [-0.2, 0) is 0 Å². The third-order valence-corrected chi connectivity index (χ3v) is 2.00. The molecule has 8 nitrogen and oxygen atoms in total. The summed E-state index contributed by atoms with van der Waals surface area (Å²) in [5.41, 5.74) is 7.15. The summed E-state index contributed by atoms with van der Waals surface area (Å²) in [6.07, 6.45) is 1.15. The first-order valence-electron chi connectivity index (χ1n) is 4.60. The van der Waals surface area contributed by atoms with Crippen molar-refractivity contribution in [1.82, 2.24) is 5.43 Å². The number of rotatable bonds is 4. The third-order valence-electron chi connectivity index (χ3n) is 1.91. The number of hydrogen-bond acceptors (Lipinski definition) is 6. The zero-order chi connectivity index (χ0) is 13.7. The van der Waals surface area contributed by atoms with Crippen LogP contribution in [0.15, 0.2) is 17.2 Å². The number of nitro groups is 1. The van der Waals surface area contributed by atoms with E-state index in [1.54, 1.807) is 0 Å². The lowest BCUT2D eigenvalue weighted by Crippen LogP contribution is -2.24. The number of hydrazone groups is 1. The number of ether oxygens (including phenoxy) is 1. The highest BCUT2D eigenvalue weighted by molar-refractivity contribution is 7.80. The van der Waals surface area contributed by atoms with Gasteiger partial charge in [0.05, 0.1) is 23.8 Å². The van der Waals surface area contributed by atoms with E-state index in [0.717, 1.165) is 6.21 Å². The minimum absolute atomic E-state index is 0.0698. The maximum Gasteiger partial charge on any atom is 0.323 e. The molecule has 9 heteroatoms. The van der Waals surface area contributed by atoms with Gasteiger partial charge in [-0.15, -0.1) is 0 Å². The molecule has 0 aliphatic rings. The molecule has 18 heavy (non-hydrogen) atoms. The van der Waals surface area contributed by atoms with Gasteiger partial charge >= 0.3 is 5.69 Å². The zero-order valence-electron chi connectivity index (χ0n) is 9.28. The Kier molecular flexibility index (Phi) is 4.38. The first-order chi connectivity index (χ1) is 8.47. The summed E-state index contributed by atoms with van der Waals surface area (Å²) in [4.78, 5) is 10.3. The molecule has 0 amide bonds. The van der Waals surface area contributed by atoms with E-state index < -0.39 is 10.6 Å². The van der Waals surface area contributed by atoms with E-state index in [-0.39, 0.29) is 22.2 Å². The Morgan fingerprint density at radius 3 is 2.89 bits per heavy atom. The summed E-state index contributed by atoms with van der Waals surface area (Å²) in [7, 11) is 1.22. The van der Waals surface area contributed by atoms with Crippen LogP contribution in [0.1, 0.15) is 5.56 Å².